The third-order valence-corrected chi connectivity index (χ3v) is 4.27. The molecule has 1 fully saturated rings. The van der Waals surface area contributed by atoms with Crippen molar-refractivity contribution in [2.75, 3.05) is 19.0 Å². The topological polar surface area (TPSA) is 38.3 Å². The quantitative estimate of drug-likeness (QED) is 0.843. The molecule has 0 amide bonds. The summed E-state index contributed by atoms with van der Waals surface area (Å²) >= 11 is 0. The van der Waals surface area contributed by atoms with Crippen molar-refractivity contribution in [3.8, 4) is 0 Å². The van der Waals surface area contributed by atoms with Gasteiger partial charge in [-0.1, -0.05) is 19.8 Å². The summed E-state index contributed by atoms with van der Waals surface area (Å²) in [5, 5.41) is 3.54. The van der Waals surface area contributed by atoms with E-state index in [1.165, 1.54) is 32.8 Å². The first-order valence-electron chi connectivity index (χ1n) is 7.53. The number of esters is 1. The van der Waals surface area contributed by atoms with Crippen LogP contribution in [0.3, 0.4) is 0 Å². The summed E-state index contributed by atoms with van der Waals surface area (Å²) in [5.74, 6) is 1.36. The highest BCUT2D eigenvalue weighted by molar-refractivity contribution is 5.90. The third kappa shape index (κ3) is 3.75. The van der Waals surface area contributed by atoms with Gasteiger partial charge in [0.1, 0.15) is 0 Å². The molecule has 0 bridgehead atoms. The standard InChI is InChI=1S/C17H25NO2/c1-12-5-4-6-14(9-12)11-18-16-8-7-15(10-13(16)2)17(19)20-3/h7-8,10,12,14,18H,4-6,9,11H2,1-3H3. The fourth-order valence-corrected chi connectivity index (χ4v) is 3.11. The maximum absolute atomic E-state index is 11.5. The second-order valence-electron chi connectivity index (χ2n) is 6.04. The number of anilines is 1. The molecular formula is C17H25NO2. The van der Waals surface area contributed by atoms with Crippen molar-refractivity contribution in [3.63, 3.8) is 0 Å². The maximum atomic E-state index is 11.5. The van der Waals surface area contributed by atoms with Gasteiger partial charge in [0, 0.05) is 12.2 Å². The molecule has 0 aromatic heterocycles. The molecule has 0 spiro atoms. The van der Waals surface area contributed by atoms with Crippen LogP contribution in [0.5, 0.6) is 0 Å². The largest absolute Gasteiger partial charge is 0.465 e. The molecule has 1 saturated carbocycles. The van der Waals surface area contributed by atoms with E-state index in [0.717, 1.165) is 29.6 Å². The van der Waals surface area contributed by atoms with Crippen LogP contribution in [0, 0.1) is 18.8 Å². The number of carbonyl (C=O) groups is 1. The third-order valence-electron chi connectivity index (χ3n) is 4.27. The Morgan fingerprint density at radius 2 is 2.20 bits per heavy atom. The number of nitrogens with one attached hydrogen (secondary N) is 1. The van der Waals surface area contributed by atoms with E-state index in [-0.39, 0.29) is 5.97 Å². The molecule has 0 aliphatic heterocycles. The van der Waals surface area contributed by atoms with Gasteiger partial charge in [0.15, 0.2) is 0 Å². The van der Waals surface area contributed by atoms with Gasteiger partial charge in [-0.05, 0) is 55.4 Å². The first-order valence-corrected chi connectivity index (χ1v) is 7.53. The monoisotopic (exact) mass is 275 g/mol. The highest BCUT2D eigenvalue weighted by Crippen LogP contribution is 2.29. The molecule has 3 heteroatoms. The van der Waals surface area contributed by atoms with Gasteiger partial charge in [0.25, 0.3) is 0 Å². The minimum Gasteiger partial charge on any atom is -0.465 e. The molecule has 0 radical (unpaired) electrons. The number of rotatable bonds is 4. The minimum absolute atomic E-state index is 0.277. The molecule has 2 atom stereocenters. The van der Waals surface area contributed by atoms with Gasteiger partial charge in [-0.25, -0.2) is 4.79 Å². The Morgan fingerprint density at radius 1 is 1.40 bits per heavy atom. The lowest BCUT2D eigenvalue weighted by Crippen LogP contribution is -2.21. The normalized spacial score (nSPS) is 22.4. The average molecular weight is 275 g/mol. The molecule has 1 aromatic rings. The number of carbonyl (C=O) groups excluding carboxylic acids is 1. The predicted molar refractivity (Wildman–Crippen MR) is 82.1 cm³/mol. The van der Waals surface area contributed by atoms with E-state index in [9.17, 15) is 4.79 Å². The summed E-state index contributed by atoms with van der Waals surface area (Å²) in [5.41, 5.74) is 2.83. The van der Waals surface area contributed by atoms with E-state index < -0.39 is 0 Å². The molecular weight excluding hydrogens is 250 g/mol. The van der Waals surface area contributed by atoms with Crippen LogP contribution in [-0.4, -0.2) is 19.6 Å². The number of ether oxygens (including phenoxy) is 1. The summed E-state index contributed by atoms with van der Waals surface area (Å²) in [6, 6.07) is 5.69. The molecule has 1 N–H and O–H groups in total. The van der Waals surface area contributed by atoms with Crippen LogP contribution >= 0.6 is 0 Å². The van der Waals surface area contributed by atoms with Crippen LogP contribution in [0.4, 0.5) is 5.69 Å². The van der Waals surface area contributed by atoms with Gasteiger partial charge in [-0.2, -0.15) is 0 Å². The molecule has 0 heterocycles. The fourth-order valence-electron chi connectivity index (χ4n) is 3.11. The lowest BCUT2D eigenvalue weighted by molar-refractivity contribution is 0.0600. The van der Waals surface area contributed by atoms with Gasteiger partial charge in [0.05, 0.1) is 12.7 Å². The van der Waals surface area contributed by atoms with Crippen molar-refractivity contribution >= 4 is 11.7 Å². The zero-order valence-electron chi connectivity index (χ0n) is 12.7. The van der Waals surface area contributed by atoms with Crippen LogP contribution in [-0.2, 0) is 4.74 Å². The van der Waals surface area contributed by atoms with Crippen molar-refractivity contribution in [1.29, 1.82) is 0 Å². The minimum atomic E-state index is -0.277. The highest BCUT2D eigenvalue weighted by atomic mass is 16.5. The van der Waals surface area contributed by atoms with Crippen molar-refractivity contribution in [2.24, 2.45) is 11.8 Å². The second kappa shape index (κ2) is 6.78. The Kier molecular flexibility index (Phi) is 5.05. The molecule has 20 heavy (non-hydrogen) atoms. The Labute approximate surface area is 121 Å². The van der Waals surface area contributed by atoms with Crippen LogP contribution in [0.2, 0.25) is 0 Å². The molecule has 1 aromatic carbocycles. The number of hydrogen-bond donors (Lipinski definition) is 1. The number of aryl methyl sites for hydroxylation is 1. The maximum Gasteiger partial charge on any atom is 0.337 e. The Hall–Kier alpha value is -1.51. The summed E-state index contributed by atoms with van der Waals surface area (Å²) < 4.78 is 4.74. The van der Waals surface area contributed by atoms with E-state index in [1.807, 2.05) is 25.1 Å². The van der Waals surface area contributed by atoms with Crippen molar-refractivity contribution < 1.29 is 9.53 Å². The van der Waals surface area contributed by atoms with E-state index >= 15 is 0 Å². The molecule has 1 aliphatic rings. The first kappa shape index (κ1) is 14.9. The average Bonchev–Trinajstić information content (AvgIpc) is 2.45. The molecule has 2 unspecified atom stereocenters. The van der Waals surface area contributed by atoms with E-state index in [4.69, 9.17) is 4.74 Å². The molecule has 0 saturated heterocycles. The molecule has 3 nitrogen and oxygen atoms in total. The predicted octanol–water partition coefficient (Wildman–Crippen LogP) is 4.02. The SMILES string of the molecule is COC(=O)c1ccc(NCC2CCCC(C)C2)c(C)c1. The van der Waals surface area contributed by atoms with Crippen molar-refractivity contribution in [2.45, 2.75) is 39.5 Å². The van der Waals surface area contributed by atoms with E-state index in [1.54, 1.807) is 0 Å². The lowest BCUT2D eigenvalue weighted by Gasteiger charge is -2.27. The summed E-state index contributed by atoms with van der Waals surface area (Å²) in [6.07, 6.45) is 5.39. The highest BCUT2D eigenvalue weighted by Gasteiger charge is 2.18. The molecule has 1 aliphatic carbocycles. The van der Waals surface area contributed by atoms with Gasteiger partial charge in [0.2, 0.25) is 0 Å². The number of hydrogen-bond acceptors (Lipinski definition) is 3. The first-order chi connectivity index (χ1) is 9.60. The van der Waals surface area contributed by atoms with Crippen molar-refractivity contribution in [1.82, 2.24) is 0 Å². The summed E-state index contributed by atoms with van der Waals surface area (Å²) in [7, 11) is 1.41. The summed E-state index contributed by atoms with van der Waals surface area (Å²) in [4.78, 5) is 11.5. The van der Waals surface area contributed by atoms with Gasteiger partial charge in [-0.15, -0.1) is 0 Å². The Morgan fingerprint density at radius 3 is 2.85 bits per heavy atom. The van der Waals surface area contributed by atoms with E-state index in [2.05, 4.69) is 12.2 Å². The number of methoxy groups -OCH3 is 1. The fraction of sp³-hybridized carbons (Fsp3) is 0.588. The molecule has 2 rings (SSSR count). The molecule has 110 valence electrons. The Bertz CT molecular complexity index is 470. The zero-order valence-corrected chi connectivity index (χ0v) is 12.7. The second-order valence-corrected chi connectivity index (χ2v) is 6.04. The van der Waals surface area contributed by atoms with Crippen LogP contribution in [0.15, 0.2) is 18.2 Å². The summed E-state index contributed by atoms with van der Waals surface area (Å²) in [6.45, 7) is 5.41. The Balaban J connectivity index is 1.94. The van der Waals surface area contributed by atoms with Crippen LogP contribution in [0.25, 0.3) is 0 Å². The van der Waals surface area contributed by atoms with E-state index in [0.29, 0.717) is 5.56 Å². The lowest BCUT2D eigenvalue weighted by atomic mass is 9.82. The van der Waals surface area contributed by atoms with Crippen molar-refractivity contribution in [3.05, 3.63) is 29.3 Å². The van der Waals surface area contributed by atoms with Gasteiger partial charge in [-0.3, -0.25) is 0 Å². The van der Waals surface area contributed by atoms with Gasteiger partial charge < -0.3 is 10.1 Å². The zero-order chi connectivity index (χ0) is 14.5. The number of benzene rings is 1. The van der Waals surface area contributed by atoms with Gasteiger partial charge >= 0.3 is 5.97 Å². The van der Waals surface area contributed by atoms with Crippen LogP contribution in [0.1, 0.15) is 48.5 Å². The van der Waals surface area contributed by atoms with Crippen LogP contribution < -0.4 is 5.32 Å². The smallest absolute Gasteiger partial charge is 0.337 e.